The molecule has 0 spiro atoms. The smallest absolute Gasteiger partial charge is 0.286 e. The summed E-state index contributed by atoms with van der Waals surface area (Å²) in [5, 5.41) is 5.69. The molecular formula is C16H20F2N4OS. The quantitative estimate of drug-likeness (QED) is 0.795. The van der Waals surface area contributed by atoms with Crippen LogP contribution in [0.3, 0.4) is 0 Å². The van der Waals surface area contributed by atoms with Gasteiger partial charge in [0.2, 0.25) is 5.84 Å². The van der Waals surface area contributed by atoms with Crippen molar-refractivity contribution in [2.24, 2.45) is 16.3 Å². The summed E-state index contributed by atoms with van der Waals surface area (Å²) >= 11 is 4.48. The van der Waals surface area contributed by atoms with E-state index in [1.54, 1.807) is 17.0 Å². The lowest BCUT2D eigenvalue weighted by atomic mass is 9.65. The molecule has 8 heteroatoms. The molecule has 0 radical (unpaired) electrons. The molecule has 5 nitrogen and oxygen atoms in total. The number of nitrogens with two attached hydrogens (primary N) is 1. The molecule has 130 valence electrons. The van der Waals surface area contributed by atoms with E-state index in [4.69, 9.17) is 5.73 Å². The largest absolute Gasteiger partial charge is 0.363 e. The molecule has 2 aliphatic rings. The Hall–Kier alpha value is -1.83. The third-order valence-electron chi connectivity index (χ3n) is 4.86. The lowest BCUT2D eigenvalue weighted by Crippen LogP contribution is -2.51. The topological polar surface area (TPSA) is 61.9 Å². The minimum atomic E-state index is -0.610. The molecule has 1 aliphatic heterocycles. The third-order valence-corrected chi connectivity index (χ3v) is 5.47. The van der Waals surface area contributed by atoms with Crippen molar-refractivity contribution in [2.45, 2.75) is 31.2 Å². The minimum absolute atomic E-state index is 0.170. The van der Waals surface area contributed by atoms with Crippen LogP contribution < -0.4 is 5.73 Å². The van der Waals surface area contributed by atoms with Gasteiger partial charge in [0.25, 0.3) is 5.91 Å². The molecule has 1 aliphatic carbocycles. The summed E-state index contributed by atoms with van der Waals surface area (Å²) in [5.41, 5.74) is 5.31. The van der Waals surface area contributed by atoms with Gasteiger partial charge >= 0.3 is 0 Å². The van der Waals surface area contributed by atoms with Gasteiger partial charge in [0.15, 0.2) is 5.50 Å². The van der Waals surface area contributed by atoms with E-state index < -0.39 is 17.5 Å². The highest BCUT2D eigenvalue weighted by atomic mass is 32.1. The second-order valence-corrected chi connectivity index (χ2v) is 7.06. The predicted octanol–water partition coefficient (Wildman–Crippen LogP) is 1.94. The maximum absolute atomic E-state index is 14.0. The van der Waals surface area contributed by atoms with Crippen molar-refractivity contribution in [2.75, 3.05) is 13.6 Å². The number of amidine groups is 1. The summed E-state index contributed by atoms with van der Waals surface area (Å²) in [4.78, 5) is 13.4. The van der Waals surface area contributed by atoms with Crippen molar-refractivity contribution < 1.29 is 13.6 Å². The molecule has 1 aromatic rings. The molecule has 3 rings (SSSR count). The zero-order chi connectivity index (χ0) is 17.5. The Kier molecular flexibility index (Phi) is 4.42. The highest BCUT2D eigenvalue weighted by Crippen LogP contribution is 2.45. The molecule has 1 atom stereocenters. The molecule has 1 saturated carbocycles. The maximum Gasteiger partial charge on any atom is 0.286 e. The van der Waals surface area contributed by atoms with Gasteiger partial charge in [-0.15, -0.1) is 12.6 Å². The summed E-state index contributed by atoms with van der Waals surface area (Å²) in [6.45, 7) is 0.504. The fraction of sp³-hybridized carbons (Fsp3) is 0.500. The Morgan fingerprint density at radius 1 is 1.46 bits per heavy atom. The van der Waals surface area contributed by atoms with Gasteiger partial charge < -0.3 is 10.6 Å². The highest BCUT2D eigenvalue weighted by molar-refractivity contribution is 7.80. The molecule has 24 heavy (non-hydrogen) atoms. The first-order valence-electron chi connectivity index (χ1n) is 7.81. The van der Waals surface area contributed by atoms with E-state index in [0.717, 1.165) is 25.3 Å². The van der Waals surface area contributed by atoms with Gasteiger partial charge in [-0.1, -0.05) is 12.5 Å². The number of amides is 1. The SMILES string of the molecule is CN1N=C(C(N)=O)N(CC2(Cc3ccc(F)cc3F)CCC2)C1S. The fourth-order valence-electron chi connectivity index (χ4n) is 3.41. The van der Waals surface area contributed by atoms with Crippen LogP contribution in [0.25, 0.3) is 0 Å². The highest BCUT2D eigenvalue weighted by Gasteiger charge is 2.44. The average Bonchev–Trinajstić information content (AvgIpc) is 2.75. The van der Waals surface area contributed by atoms with Crippen LogP contribution in [-0.2, 0) is 11.2 Å². The van der Waals surface area contributed by atoms with Gasteiger partial charge in [-0.2, -0.15) is 5.10 Å². The van der Waals surface area contributed by atoms with Crippen LogP contribution in [0, 0.1) is 17.0 Å². The van der Waals surface area contributed by atoms with E-state index in [2.05, 4.69) is 17.7 Å². The Morgan fingerprint density at radius 3 is 2.71 bits per heavy atom. The number of carbonyl (C=O) groups is 1. The standard InChI is InChI=1S/C16H20F2N4OS/c1-21-15(24)22(14(20-21)13(19)23)9-16(5-2-6-16)8-10-3-4-11(17)7-12(10)18/h3-4,7,15,24H,2,5-6,8-9H2,1H3,(H2,19,23). The minimum Gasteiger partial charge on any atom is -0.363 e. The number of rotatable bonds is 5. The summed E-state index contributed by atoms with van der Waals surface area (Å²) in [6, 6.07) is 3.66. The molecule has 1 unspecified atom stereocenters. The molecule has 1 heterocycles. The Morgan fingerprint density at radius 2 is 2.17 bits per heavy atom. The lowest BCUT2D eigenvalue weighted by Gasteiger charge is -2.46. The van der Waals surface area contributed by atoms with Crippen molar-refractivity contribution >= 4 is 24.4 Å². The normalized spacial score (nSPS) is 22.3. The Balaban J connectivity index is 1.81. The van der Waals surface area contributed by atoms with Gasteiger partial charge in [0, 0.05) is 19.7 Å². The number of carbonyl (C=O) groups excluding carboxylic acids is 1. The van der Waals surface area contributed by atoms with Crippen LogP contribution in [0.2, 0.25) is 0 Å². The number of halogens is 2. The van der Waals surface area contributed by atoms with E-state index in [1.807, 2.05) is 0 Å². The number of nitrogens with zero attached hydrogens (tertiary/aromatic N) is 3. The van der Waals surface area contributed by atoms with Crippen molar-refractivity contribution in [1.82, 2.24) is 9.91 Å². The number of hydrogen-bond donors (Lipinski definition) is 2. The molecule has 0 saturated heterocycles. The number of primary amides is 1. The third kappa shape index (κ3) is 3.07. The molecule has 0 bridgehead atoms. The molecule has 0 aromatic heterocycles. The van der Waals surface area contributed by atoms with Crippen molar-refractivity contribution in [3.8, 4) is 0 Å². The first-order valence-corrected chi connectivity index (χ1v) is 8.33. The van der Waals surface area contributed by atoms with Crippen LogP contribution in [0.1, 0.15) is 24.8 Å². The van der Waals surface area contributed by atoms with Gasteiger partial charge in [0.05, 0.1) is 0 Å². The number of benzene rings is 1. The molecule has 1 amide bonds. The molecule has 1 aromatic carbocycles. The monoisotopic (exact) mass is 354 g/mol. The predicted molar refractivity (Wildman–Crippen MR) is 90.2 cm³/mol. The van der Waals surface area contributed by atoms with E-state index in [0.29, 0.717) is 18.5 Å². The van der Waals surface area contributed by atoms with E-state index in [1.165, 1.54) is 12.1 Å². The average molecular weight is 354 g/mol. The van der Waals surface area contributed by atoms with Crippen LogP contribution in [0.15, 0.2) is 23.3 Å². The summed E-state index contributed by atoms with van der Waals surface area (Å²) in [6.07, 6.45) is 3.31. The first kappa shape index (κ1) is 17.0. The number of hydrazone groups is 1. The van der Waals surface area contributed by atoms with Crippen LogP contribution in [0.4, 0.5) is 8.78 Å². The van der Waals surface area contributed by atoms with E-state index in [9.17, 15) is 13.6 Å². The Bertz CT molecular complexity index is 693. The van der Waals surface area contributed by atoms with Gasteiger partial charge in [0.1, 0.15) is 11.6 Å². The van der Waals surface area contributed by atoms with Gasteiger partial charge in [-0.25, -0.2) is 8.78 Å². The first-order chi connectivity index (χ1) is 11.3. The zero-order valence-corrected chi connectivity index (χ0v) is 14.3. The summed E-state index contributed by atoms with van der Waals surface area (Å²) in [7, 11) is 1.72. The number of thiol groups is 1. The van der Waals surface area contributed by atoms with Crippen LogP contribution >= 0.6 is 12.6 Å². The summed E-state index contributed by atoms with van der Waals surface area (Å²) < 4.78 is 27.1. The van der Waals surface area contributed by atoms with Gasteiger partial charge in [-0.3, -0.25) is 9.80 Å². The lowest BCUT2D eigenvalue weighted by molar-refractivity contribution is -0.112. The van der Waals surface area contributed by atoms with Crippen LogP contribution in [0.5, 0.6) is 0 Å². The van der Waals surface area contributed by atoms with Crippen LogP contribution in [-0.4, -0.2) is 40.7 Å². The van der Waals surface area contributed by atoms with Crippen molar-refractivity contribution in [3.05, 3.63) is 35.4 Å². The molecule has 2 N–H and O–H groups in total. The van der Waals surface area contributed by atoms with E-state index in [-0.39, 0.29) is 16.7 Å². The molecule has 1 fully saturated rings. The zero-order valence-electron chi connectivity index (χ0n) is 13.4. The summed E-state index contributed by atoms with van der Waals surface area (Å²) in [5.74, 6) is -1.56. The second kappa shape index (κ2) is 6.23. The van der Waals surface area contributed by atoms with Gasteiger partial charge in [-0.05, 0) is 36.3 Å². The number of hydrogen-bond acceptors (Lipinski definition) is 5. The van der Waals surface area contributed by atoms with Crippen molar-refractivity contribution in [3.63, 3.8) is 0 Å². The second-order valence-electron chi connectivity index (χ2n) is 6.60. The van der Waals surface area contributed by atoms with E-state index >= 15 is 0 Å². The van der Waals surface area contributed by atoms with Crippen molar-refractivity contribution in [1.29, 1.82) is 0 Å². The Labute approximate surface area is 144 Å². The maximum atomic E-state index is 14.0. The molecular weight excluding hydrogens is 334 g/mol. The fourth-order valence-corrected chi connectivity index (χ4v) is 3.66.